The Kier molecular flexibility index (Phi) is 5.57. The number of benzene rings is 1. The quantitative estimate of drug-likeness (QED) is 0.693. The topological polar surface area (TPSA) is 48.4 Å². The molecule has 3 aliphatic rings. The number of ether oxygens (including phenoxy) is 1. The van der Waals surface area contributed by atoms with E-state index in [9.17, 15) is 4.79 Å². The molecule has 1 unspecified atom stereocenters. The lowest BCUT2D eigenvalue weighted by atomic mass is 9.99. The Labute approximate surface area is 186 Å². The van der Waals surface area contributed by atoms with Gasteiger partial charge in [-0.25, -0.2) is 0 Å². The minimum absolute atomic E-state index is 0.00842. The summed E-state index contributed by atoms with van der Waals surface area (Å²) in [4.78, 5) is 24.8. The molecular formula is C25H38N4O2. The van der Waals surface area contributed by atoms with Crippen LogP contribution in [0.15, 0.2) is 17.1 Å². The van der Waals surface area contributed by atoms with Crippen molar-refractivity contribution in [3.63, 3.8) is 0 Å². The van der Waals surface area contributed by atoms with E-state index in [0.29, 0.717) is 19.2 Å². The zero-order valence-electron chi connectivity index (χ0n) is 20.2. The number of carbonyl (C=O) groups excluding carboxylic acids is 1. The molecule has 1 saturated heterocycles. The average Bonchev–Trinajstić information content (AvgIpc) is 2.66. The van der Waals surface area contributed by atoms with E-state index in [1.807, 2.05) is 11.1 Å². The molecule has 1 aromatic carbocycles. The second kappa shape index (κ2) is 7.80. The summed E-state index contributed by atoms with van der Waals surface area (Å²) >= 11 is 0. The Bertz CT molecular complexity index is 973. The van der Waals surface area contributed by atoms with Crippen molar-refractivity contribution in [3.05, 3.63) is 22.7 Å². The van der Waals surface area contributed by atoms with E-state index in [0.717, 1.165) is 47.9 Å². The van der Waals surface area contributed by atoms with Crippen molar-refractivity contribution >= 4 is 17.8 Å². The van der Waals surface area contributed by atoms with E-state index in [1.165, 1.54) is 0 Å². The first-order chi connectivity index (χ1) is 14.5. The Morgan fingerprint density at radius 3 is 2.48 bits per heavy atom. The Morgan fingerprint density at radius 2 is 1.84 bits per heavy atom. The number of carbonyl (C=O) groups is 1. The summed E-state index contributed by atoms with van der Waals surface area (Å²) in [7, 11) is 0. The number of hydrogen-bond donors (Lipinski definition) is 0. The number of rotatable bonds is 1. The third kappa shape index (κ3) is 4.32. The van der Waals surface area contributed by atoms with Crippen LogP contribution in [0.25, 0.3) is 6.20 Å². The van der Waals surface area contributed by atoms with Gasteiger partial charge in [-0.05, 0) is 54.0 Å². The molecule has 6 heteroatoms. The van der Waals surface area contributed by atoms with Gasteiger partial charge in [0, 0.05) is 48.1 Å². The van der Waals surface area contributed by atoms with Gasteiger partial charge in [0.25, 0.3) is 0 Å². The molecule has 3 aliphatic heterocycles. The van der Waals surface area contributed by atoms with Gasteiger partial charge in [-0.2, -0.15) is 0 Å². The van der Waals surface area contributed by atoms with Gasteiger partial charge in [-0.3, -0.25) is 14.7 Å². The number of amides is 1. The molecule has 31 heavy (non-hydrogen) atoms. The molecule has 0 spiro atoms. The number of fused-ring (bicyclic) bond motifs is 3. The van der Waals surface area contributed by atoms with Crippen LogP contribution in [0.4, 0.5) is 5.69 Å². The highest BCUT2D eigenvalue weighted by molar-refractivity contribution is 5.83. The number of nitrogens with zero attached hydrogens (tertiary/aromatic N) is 4. The summed E-state index contributed by atoms with van der Waals surface area (Å²) in [5.74, 6) is 0.998. The molecule has 0 bridgehead atoms. The Morgan fingerprint density at radius 1 is 1.10 bits per heavy atom. The van der Waals surface area contributed by atoms with Crippen molar-refractivity contribution in [2.24, 2.45) is 4.99 Å². The summed E-state index contributed by atoms with van der Waals surface area (Å²) in [6.07, 6.45) is 3.87. The van der Waals surface area contributed by atoms with Gasteiger partial charge in [-0.15, -0.1) is 0 Å². The highest BCUT2D eigenvalue weighted by Crippen LogP contribution is 2.27. The third-order valence-corrected chi connectivity index (χ3v) is 6.77. The fourth-order valence-corrected chi connectivity index (χ4v) is 4.75. The average molecular weight is 427 g/mol. The van der Waals surface area contributed by atoms with Crippen LogP contribution in [0.2, 0.25) is 0 Å². The SMILES string of the molecule is CCC1CN(C(C)(C)C)c2cc3c(cc2=N1)OCC[C@H]1CN(C(C)(C)C)CC(=O)N1C=3. The van der Waals surface area contributed by atoms with Crippen LogP contribution in [-0.4, -0.2) is 65.1 Å². The van der Waals surface area contributed by atoms with Crippen LogP contribution >= 0.6 is 0 Å². The predicted molar refractivity (Wildman–Crippen MR) is 125 cm³/mol. The third-order valence-electron chi connectivity index (χ3n) is 6.77. The van der Waals surface area contributed by atoms with Gasteiger partial charge < -0.3 is 14.5 Å². The minimum Gasteiger partial charge on any atom is -0.493 e. The summed E-state index contributed by atoms with van der Waals surface area (Å²) in [6, 6.07) is 4.69. The Hall–Kier alpha value is -2.08. The van der Waals surface area contributed by atoms with Crippen molar-refractivity contribution in [3.8, 4) is 5.75 Å². The number of hydrogen-bond acceptors (Lipinski definition) is 5. The maximum Gasteiger partial charge on any atom is 0.241 e. The first-order valence-corrected chi connectivity index (χ1v) is 11.7. The largest absolute Gasteiger partial charge is 0.493 e. The van der Waals surface area contributed by atoms with Gasteiger partial charge in [0.1, 0.15) is 5.75 Å². The van der Waals surface area contributed by atoms with Crippen LogP contribution in [0.3, 0.4) is 0 Å². The second-order valence-corrected chi connectivity index (χ2v) is 11.1. The molecule has 4 rings (SSSR count). The second-order valence-electron chi connectivity index (χ2n) is 11.1. The van der Waals surface area contributed by atoms with Crippen LogP contribution in [0.1, 0.15) is 61.3 Å². The molecule has 6 nitrogen and oxygen atoms in total. The van der Waals surface area contributed by atoms with Crippen molar-refractivity contribution in [1.82, 2.24) is 9.80 Å². The smallest absolute Gasteiger partial charge is 0.241 e. The Balaban J connectivity index is 1.80. The van der Waals surface area contributed by atoms with Crippen LogP contribution in [0, 0.1) is 0 Å². The summed E-state index contributed by atoms with van der Waals surface area (Å²) in [5.41, 5.74) is 1.10. The van der Waals surface area contributed by atoms with E-state index in [-0.39, 0.29) is 23.0 Å². The summed E-state index contributed by atoms with van der Waals surface area (Å²) < 4.78 is 6.22. The molecule has 3 heterocycles. The highest BCUT2D eigenvalue weighted by atomic mass is 16.5. The molecule has 0 aromatic heterocycles. The lowest BCUT2D eigenvalue weighted by molar-refractivity contribution is -0.137. The summed E-state index contributed by atoms with van der Waals surface area (Å²) in [6.45, 7) is 18.3. The number of anilines is 1. The zero-order valence-corrected chi connectivity index (χ0v) is 20.2. The van der Waals surface area contributed by atoms with E-state index in [2.05, 4.69) is 70.4 Å². The maximum atomic E-state index is 13.1. The van der Waals surface area contributed by atoms with Crippen molar-refractivity contribution < 1.29 is 9.53 Å². The lowest BCUT2D eigenvalue weighted by Gasteiger charge is -2.45. The van der Waals surface area contributed by atoms with E-state index in [4.69, 9.17) is 9.73 Å². The van der Waals surface area contributed by atoms with E-state index in [1.54, 1.807) is 0 Å². The van der Waals surface area contributed by atoms with Crippen molar-refractivity contribution in [2.75, 3.05) is 31.1 Å². The first-order valence-electron chi connectivity index (χ1n) is 11.7. The number of piperazine rings is 1. The van der Waals surface area contributed by atoms with Crippen LogP contribution < -0.4 is 20.2 Å². The van der Waals surface area contributed by atoms with Crippen molar-refractivity contribution in [2.45, 2.75) is 84.5 Å². The van der Waals surface area contributed by atoms with E-state index < -0.39 is 0 Å². The molecular weight excluding hydrogens is 388 g/mol. The molecule has 0 saturated carbocycles. The predicted octanol–water partition coefficient (Wildman–Crippen LogP) is 2.54. The normalized spacial score (nSPS) is 24.7. The van der Waals surface area contributed by atoms with Gasteiger partial charge in [0.15, 0.2) is 0 Å². The molecule has 0 N–H and O–H groups in total. The maximum absolute atomic E-state index is 13.1. The lowest BCUT2D eigenvalue weighted by Crippen LogP contribution is -2.60. The fraction of sp³-hybridized carbons (Fsp3) is 0.680. The van der Waals surface area contributed by atoms with Crippen LogP contribution in [0.5, 0.6) is 5.75 Å². The molecule has 2 atom stereocenters. The fourth-order valence-electron chi connectivity index (χ4n) is 4.75. The molecule has 1 aromatic rings. The highest BCUT2D eigenvalue weighted by Gasteiger charge is 2.37. The van der Waals surface area contributed by atoms with E-state index >= 15 is 0 Å². The van der Waals surface area contributed by atoms with Gasteiger partial charge >= 0.3 is 0 Å². The van der Waals surface area contributed by atoms with Crippen LogP contribution in [-0.2, 0) is 4.79 Å². The molecule has 0 radical (unpaired) electrons. The standard InChI is InChI=1S/C25H38N4O2/c1-8-18-14-29(25(5,6)7)21-11-17-13-28-19(9-10-31-22(17)12-20(21)26-18)15-27(16-23(28)30)24(2,3)4/h11-13,18-19H,8-10,14-16H2,1-7H3/t18?,19-/m0/s1. The molecule has 170 valence electrons. The first kappa shape index (κ1) is 22.1. The van der Waals surface area contributed by atoms with Gasteiger partial charge in [0.05, 0.1) is 36.3 Å². The minimum atomic E-state index is -0.0213. The monoisotopic (exact) mass is 426 g/mol. The van der Waals surface area contributed by atoms with Crippen molar-refractivity contribution in [1.29, 1.82) is 0 Å². The molecule has 1 amide bonds. The zero-order chi connectivity index (χ0) is 22.6. The molecule has 0 aliphatic carbocycles. The summed E-state index contributed by atoms with van der Waals surface area (Å²) in [5, 5.41) is 1.97. The van der Waals surface area contributed by atoms with Gasteiger partial charge in [-0.1, -0.05) is 6.92 Å². The van der Waals surface area contributed by atoms with Gasteiger partial charge in [0.2, 0.25) is 5.91 Å². The molecule has 1 fully saturated rings.